The average molecular weight is 941 g/mol. The molecule has 60 heavy (non-hydrogen) atoms. The number of nitrogen functional groups attached to an aromatic ring is 2. The molecular formula is C43H40Br2N8O7. The van der Waals surface area contributed by atoms with Crippen LogP contribution in [0.2, 0.25) is 0 Å². The Bertz CT molecular complexity index is 2660. The molecule has 15 nitrogen and oxygen atoms in total. The van der Waals surface area contributed by atoms with Crippen LogP contribution in [0.1, 0.15) is 34.8 Å². The van der Waals surface area contributed by atoms with Crippen molar-refractivity contribution >= 4 is 71.6 Å². The Morgan fingerprint density at radius 3 is 1.93 bits per heavy atom. The van der Waals surface area contributed by atoms with Crippen LogP contribution in [-0.2, 0) is 0 Å². The van der Waals surface area contributed by atoms with E-state index in [4.69, 9.17) is 52.7 Å². The minimum absolute atomic E-state index is 0. The number of nitrogens with two attached hydrogens (primary N) is 3. The van der Waals surface area contributed by atoms with Crippen LogP contribution in [-0.4, -0.2) is 56.3 Å². The molecule has 1 aliphatic rings. The summed E-state index contributed by atoms with van der Waals surface area (Å²) in [5.41, 5.74) is 21.0. The van der Waals surface area contributed by atoms with Crippen LogP contribution in [0.4, 0.5) is 11.6 Å². The Hall–Kier alpha value is -7.26. The molecule has 17 heteroatoms. The first-order valence-corrected chi connectivity index (χ1v) is 18.6. The number of hydrogen-bond donors (Lipinski definition) is 4. The fourth-order valence-corrected chi connectivity index (χ4v) is 6.99. The fourth-order valence-electron chi connectivity index (χ4n) is 5.75. The van der Waals surface area contributed by atoms with E-state index in [2.05, 4.69) is 52.7 Å². The van der Waals surface area contributed by atoms with Gasteiger partial charge in [-0.3, -0.25) is 4.79 Å². The molecule has 1 atom stereocenters. The first kappa shape index (κ1) is 47.1. The van der Waals surface area contributed by atoms with Gasteiger partial charge in [0.1, 0.15) is 52.4 Å². The van der Waals surface area contributed by atoms with E-state index in [1.807, 2.05) is 42.5 Å². The van der Waals surface area contributed by atoms with Crippen LogP contribution < -0.4 is 40.9 Å². The van der Waals surface area contributed by atoms with E-state index in [0.29, 0.717) is 71.5 Å². The van der Waals surface area contributed by atoms with E-state index < -0.39 is 5.92 Å². The van der Waals surface area contributed by atoms with Gasteiger partial charge in [-0.1, -0.05) is 31.7 Å². The van der Waals surface area contributed by atoms with Gasteiger partial charge in [-0.2, -0.15) is 10.5 Å². The average Bonchev–Trinajstić information content (AvgIpc) is 3.23. The van der Waals surface area contributed by atoms with Crippen molar-refractivity contribution in [1.82, 2.24) is 9.97 Å². The number of phenols is 1. The number of aromatic hydroxyl groups is 1. The number of para-hydroxylation sites is 1. The second-order valence-electron chi connectivity index (χ2n) is 11.9. The summed E-state index contributed by atoms with van der Waals surface area (Å²) in [6.07, 6.45) is 0.757. The number of rotatable bonds is 6. The second kappa shape index (κ2) is 22.0. The molecule has 7 N–H and O–H groups in total. The van der Waals surface area contributed by atoms with Gasteiger partial charge < -0.3 is 50.8 Å². The second-order valence-corrected chi connectivity index (χ2v) is 13.6. The number of carbonyl (C=O) groups is 1. The molecule has 0 saturated heterocycles. The number of nitriles is 2. The van der Waals surface area contributed by atoms with Crippen LogP contribution in [0.15, 0.2) is 99.3 Å². The van der Waals surface area contributed by atoms with Gasteiger partial charge in [0.15, 0.2) is 28.7 Å². The van der Waals surface area contributed by atoms with Gasteiger partial charge in [-0.05, 0) is 92.0 Å². The standard InChI is InChI=1S/C21H17BrN4O3.C9H9BrO3.C9H8N2O.C3H2N2.CH4/c1-27-15-8-11(7-14(22)20(15)28-2)17-12-5-3-10-4-6-16(24)26-18(10)19(12)29-21(25)13(17)9-23;1-12-8-4-6(5-11)3-7(10)9(8)13-2;10-8-5-4-6-2-1-3-7(12)9(6)11-8;1-5-3-2-4;/h3-8,17H,25H2,1-2H3,(H2,24,26);3-5H,1-2H3;1-5,12H,(H2,10,11);3H2;1H4. The van der Waals surface area contributed by atoms with Crippen molar-refractivity contribution < 1.29 is 33.6 Å². The van der Waals surface area contributed by atoms with E-state index in [-0.39, 0.29) is 25.6 Å². The van der Waals surface area contributed by atoms with Crippen molar-refractivity contribution in [3.8, 4) is 46.6 Å². The Morgan fingerprint density at radius 1 is 0.833 bits per heavy atom. The number of carbonyl (C=O) groups excluding carboxylic acids is 1. The highest BCUT2D eigenvalue weighted by atomic mass is 79.9. The number of allylic oxidation sites excluding steroid dienone is 1. The number of methoxy groups -OCH3 is 4. The molecule has 0 saturated carbocycles. The summed E-state index contributed by atoms with van der Waals surface area (Å²) in [6, 6.07) is 27.0. The molecule has 2 aromatic heterocycles. The monoisotopic (exact) mass is 938 g/mol. The summed E-state index contributed by atoms with van der Waals surface area (Å²) in [4.78, 5) is 21.7. The minimum atomic E-state index is -0.465. The maximum atomic E-state index is 10.5. The Morgan fingerprint density at radius 2 is 1.40 bits per heavy atom. The number of aromatic nitrogens is 2. The van der Waals surface area contributed by atoms with Crippen LogP contribution in [0, 0.1) is 29.2 Å². The lowest BCUT2D eigenvalue weighted by Crippen LogP contribution is -2.21. The number of phenolic OH excluding ortho intramolecular Hbond substituents is 1. The molecule has 0 fully saturated rings. The van der Waals surface area contributed by atoms with E-state index in [1.165, 1.54) is 7.11 Å². The summed E-state index contributed by atoms with van der Waals surface area (Å²) in [5, 5.41) is 28.5. The summed E-state index contributed by atoms with van der Waals surface area (Å²) in [5.74, 6) is 3.24. The third-order valence-electron chi connectivity index (χ3n) is 8.32. The van der Waals surface area contributed by atoms with Crippen molar-refractivity contribution in [1.29, 1.82) is 10.5 Å². The molecule has 308 valence electrons. The van der Waals surface area contributed by atoms with Gasteiger partial charge in [-0.15, -0.1) is 0 Å². The first-order valence-electron chi connectivity index (χ1n) is 17.0. The lowest BCUT2D eigenvalue weighted by molar-refractivity contribution is 0.112. The van der Waals surface area contributed by atoms with Crippen molar-refractivity contribution in [2.45, 2.75) is 13.3 Å². The summed E-state index contributed by atoms with van der Waals surface area (Å²) >= 11 is 6.79. The van der Waals surface area contributed by atoms with Crippen molar-refractivity contribution in [3.63, 3.8) is 0 Å². The molecule has 0 bridgehead atoms. The highest BCUT2D eigenvalue weighted by Gasteiger charge is 2.33. The van der Waals surface area contributed by atoms with Crippen LogP contribution in [0.3, 0.4) is 0 Å². The highest BCUT2D eigenvalue weighted by molar-refractivity contribution is 9.11. The normalized spacial score (nSPS) is 11.9. The fraction of sp³-hybridized carbons (Fsp3) is 0.163. The first-order chi connectivity index (χ1) is 28.4. The van der Waals surface area contributed by atoms with Gasteiger partial charge in [0, 0.05) is 21.9 Å². The summed E-state index contributed by atoms with van der Waals surface area (Å²) < 4.78 is 28.2. The molecule has 0 aliphatic carbocycles. The number of hydrogen-bond acceptors (Lipinski definition) is 14. The molecule has 4 aromatic carbocycles. The van der Waals surface area contributed by atoms with E-state index in [9.17, 15) is 15.2 Å². The SMILES string of the molecule is C.COc1cc(C2C(C#N)=C(N)Oc3c2ccc2ccc(N)nc32)cc(Br)c1OC.COc1cc(C=O)cc(Br)c1OC.Nc1ccc2cccc(O)c2n1.[C-]#[N+]CC#N. The molecule has 0 amide bonds. The van der Waals surface area contributed by atoms with Crippen molar-refractivity contribution in [2.24, 2.45) is 5.73 Å². The zero-order chi connectivity index (χ0) is 43.2. The number of aldehydes is 1. The third-order valence-corrected chi connectivity index (χ3v) is 9.49. The Labute approximate surface area is 363 Å². The molecule has 3 heterocycles. The minimum Gasteiger partial charge on any atom is -0.506 e. The number of benzene rings is 4. The predicted octanol–water partition coefficient (Wildman–Crippen LogP) is 8.68. The number of nitrogens with zero attached hydrogens (tertiary/aromatic N) is 5. The molecule has 0 radical (unpaired) electrons. The summed E-state index contributed by atoms with van der Waals surface area (Å²) in [7, 11) is 6.19. The molecule has 0 spiro atoms. The predicted molar refractivity (Wildman–Crippen MR) is 237 cm³/mol. The van der Waals surface area contributed by atoms with E-state index in [0.717, 1.165) is 28.2 Å². The van der Waals surface area contributed by atoms with E-state index >= 15 is 0 Å². The number of fused-ring (bicyclic) bond motifs is 4. The number of halogens is 2. The van der Waals surface area contributed by atoms with E-state index in [1.54, 1.807) is 63.8 Å². The van der Waals surface area contributed by atoms with Gasteiger partial charge >= 0.3 is 0 Å². The Kier molecular flexibility index (Phi) is 17.3. The molecule has 1 unspecified atom stereocenters. The molecule has 6 aromatic rings. The molecule has 1 aliphatic heterocycles. The van der Waals surface area contributed by atoms with Gasteiger partial charge in [0.05, 0.1) is 43.3 Å². The van der Waals surface area contributed by atoms with Gasteiger partial charge in [-0.25, -0.2) is 16.5 Å². The maximum Gasteiger partial charge on any atom is 0.298 e. The maximum absolute atomic E-state index is 10.5. The zero-order valence-electron chi connectivity index (χ0n) is 32.0. The number of anilines is 2. The van der Waals surface area contributed by atoms with Gasteiger partial charge in [0.25, 0.3) is 6.54 Å². The summed E-state index contributed by atoms with van der Waals surface area (Å²) in [6.45, 7) is 5.99. The highest BCUT2D eigenvalue weighted by Crippen LogP contribution is 2.48. The largest absolute Gasteiger partial charge is 0.506 e. The third kappa shape index (κ3) is 10.8. The van der Waals surface area contributed by atoms with Crippen LogP contribution >= 0.6 is 31.9 Å². The molecular weight excluding hydrogens is 900 g/mol. The van der Waals surface area contributed by atoms with Crippen LogP contribution in [0.5, 0.6) is 34.5 Å². The van der Waals surface area contributed by atoms with Crippen molar-refractivity contribution in [2.75, 3.05) is 46.5 Å². The number of pyridine rings is 2. The quantitative estimate of drug-likeness (QED) is 0.0694. The Balaban J connectivity index is 0.000000256. The topological polar surface area (TPSA) is 239 Å². The lowest BCUT2D eigenvalue weighted by Gasteiger charge is -2.27. The van der Waals surface area contributed by atoms with Crippen LogP contribution in [0.25, 0.3) is 26.7 Å². The smallest absolute Gasteiger partial charge is 0.298 e. The van der Waals surface area contributed by atoms with Gasteiger partial charge in [0.2, 0.25) is 5.88 Å². The van der Waals surface area contributed by atoms with Crippen molar-refractivity contribution in [3.05, 3.63) is 127 Å². The zero-order valence-corrected chi connectivity index (χ0v) is 35.2. The number of ether oxygens (including phenoxy) is 5. The molecule has 7 rings (SSSR count). The lowest BCUT2D eigenvalue weighted by atomic mass is 9.83.